The van der Waals surface area contributed by atoms with Crippen molar-refractivity contribution >= 4 is 27.2 Å². The summed E-state index contributed by atoms with van der Waals surface area (Å²) in [6, 6.07) is 0. The summed E-state index contributed by atoms with van der Waals surface area (Å²) in [5.41, 5.74) is 10.3. The number of nitrogens with one attached hydrogen (secondary N) is 1. The molecule has 0 saturated carbocycles. The van der Waals surface area contributed by atoms with E-state index in [4.69, 9.17) is 15.2 Å². The van der Waals surface area contributed by atoms with Gasteiger partial charge in [0, 0.05) is 16.6 Å². The maximum atomic E-state index is 6.12. The Kier molecular flexibility index (Phi) is 3.41. The van der Waals surface area contributed by atoms with E-state index in [1.54, 1.807) is 0 Å². The van der Waals surface area contributed by atoms with Gasteiger partial charge < -0.3 is 20.5 Å². The predicted octanol–water partition coefficient (Wildman–Crippen LogP) is 2.49. The summed E-state index contributed by atoms with van der Waals surface area (Å²) in [5.74, 6) is 1.48. The standard InChI is InChI=1S/C14H17BrN2O2/c1-8-10(9-2-4-17-5-3-9)13-14(12(16)11(8)15)19-7-6-18-13/h2,17H,3-7,16H2,1H3. The second-order valence-electron chi connectivity index (χ2n) is 4.77. The lowest BCUT2D eigenvalue weighted by molar-refractivity contribution is 0.172. The first-order valence-corrected chi connectivity index (χ1v) is 7.26. The number of hydrogen-bond acceptors (Lipinski definition) is 4. The van der Waals surface area contributed by atoms with E-state index in [0.717, 1.165) is 40.9 Å². The molecule has 4 nitrogen and oxygen atoms in total. The fraction of sp³-hybridized carbons (Fsp3) is 0.429. The molecule has 0 bridgehead atoms. The third kappa shape index (κ3) is 2.11. The minimum Gasteiger partial charge on any atom is -0.485 e. The number of nitrogen functional groups attached to an aromatic ring is 1. The Morgan fingerprint density at radius 1 is 1.26 bits per heavy atom. The van der Waals surface area contributed by atoms with Gasteiger partial charge in [0.05, 0.1) is 5.69 Å². The Morgan fingerprint density at radius 3 is 2.68 bits per heavy atom. The normalized spacial score (nSPS) is 18.1. The average molecular weight is 325 g/mol. The van der Waals surface area contributed by atoms with Crippen molar-refractivity contribution in [3.8, 4) is 11.5 Å². The average Bonchev–Trinajstić information content (AvgIpc) is 2.46. The van der Waals surface area contributed by atoms with Gasteiger partial charge in [-0.15, -0.1) is 0 Å². The van der Waals surface area contributed by atoms with Crippen LogP contribution in [0.25, 0.3) is 5.57 Å². The number of benzene rings is 1. The van der Waals surface area contributed by atoms with Crippen molar-refractivity contribution < 1.29 is 9.47 Å². The minimum absolute atomic E-state index is 0.548. The van der Waals surface area contributed by atoms with Crippen molar-refractivity contribution in [3.05, 3.63) is 21.7 Å². The Labute approximate surface area is 121 Å². The molecule has 2 heterocycles. The number of rotatable bonds is 1. The first-order chi connectivity index (χ1) is 9.20. The van der Waals surface area contributed by atoms with Crippen LogP contribution >= 0.6 is 15.9 Å². The Balaban J connectivity index is 2.22. The van der Waals surface area contributed by atoms with Gasteiger partial charge in [-0.2, -0.15) is 0 Å². The molecule has 2 aliphatic heterocycles. The van der Waals surface area contributed by atoms with E-state index in [1.807, 2.05) is 0 Å². The van der Waals surface area contributed by atoms with Crippen molar-refractivity contribution in [2.75, 3.05) is 32.0 Å². The molecule has 0 atom stereocenters. The molecule has 1 aromatic carbocycles. The van der Waals surface area contributed by atoms with Crippen molar-refractivity contribution in [3.63, 3.8) is 0 Å². The molecule has 0 unspecified atom stereocenters. The van der Waals surface area contributed by atoms with Crippen molar-refractivity contribution in [2.45, 2.75) is 13.3 Å². The summed E-state index contributed by atoms with van der Waals surface area (Å²) >= 11 is 3.57. The van der Waals surface area contributed by atoms with E-state index < -0.39 is 0 Å². The summed E-state index contributed by atoms with van der Waals surface area (Å²) in [6.07, 6.45) is 3.21. The summed E-state index contributed by atoms with van der Waals surface area (Å²) < 4.78 is 12.4. The Morgan fingerprint density at radius 2 is 2.00 bits per heavy atom. The van der Waals surface area contributed by atoms with Gasteiger partial charge in [0.2, 0.25) is 0 Å². The molecule has 0 radical (unpaired) electrons. The van der Waals surface area contributed by atoms with Gasteiger partial charge in [-0.1, -0.05) is 6.08 Å². The van der Waals surface area contributed by atoms with Crippen LogP contribution in [-0.2, 0) is 0 Å². The van der Waals surface area contributed by atoms with E-state index in [-0.39, 0.29) is 0 Å². The lowest BCUT2D eigenvalue weighted by atomic mass is 9.94. The molecular weight excluding hydrogens is 308 g/mol. The molecule has 0 amide bonds. The first kappa shape index (κ1) is 12.8. The van der Waals surface area contributed by atoms with E-state index in [9.17, 15) is 0 Å². The monoisotopic (exact) mass is 324 g/mol. The molecule has 0 fully saturated rings. The Hall–Kier alpha value is -1.20. The molecule has 102 valence electrons. The number of hydrogen-bond donors (Lipinski definition) is 2. The van der Waals surface area contributed by atoms with Crippen LogP contribution in [0.1, 0.15) is 17.5 Å². The highest BCUT2D eigenvalue weighted by Gasteiger charge is 2.26. The topological polar surface area (TPSA) is 56.5 Å². The van der Waals surface area contributed by atoms with Gasteiger partial charge in [-0.05, 0) is 47.0 Å². The summed E-state index contributed by atoms with van der Waals surface area (Å²) in [5, 5.41) is 3.33. The van der Waals surface area contributed by atoms with Gasteiger partial charge in [0.15, 0.2) is 11.5 Å². The summed E-state index contributed by atoms with van der Waals surface area (Å²) in [7, 11) is 0. The number of nitrogens with two attached hydrogens (primary N) is 1. The quantitative estimate of drug-likeness (QED) is 0.779. The largest absolute Gasteiger partial charge is 0.485 e. The number of fused-ring (bicyclic) bond motifs is 1. The van der Waals surface area contributed by atoms with Crippen LogP contribution in [0, 0.1) is 6.92 Å². The molecule has 1 aromatic rings. The van der Waals surface area contributed by atoms with Crippen LogP contribution < -0.4 is 20.5 Å². The number of halogens is 1. The summed E-state index contributed by atoms with van der Waals surface area (Å²) in [4.78, 5) is 0. The molecule has 0 spiro atoms. The van der Waals surface area contributed by atoms with Crippen LogP contribution in [-0.4, -0.2) is 26.3 Å². The van der Waals surface area contributed by atoms with E-state index in [2.05, 4.69) is 34.2 Å². The van der Waals surface area contributed by atoms with Gasteiger partial charge in [0.1, 0.15) is 13.2 Å². The number of ether oxygens (including phenoxy) is 2. The van der Waals surface area contributed by atoms with Crippen molar-refractivity contribution in [1.29, 1.82) is 0 Å². The minimum atomic E-state index is 0.548. The van der Waals surface area contributed by atoms with Crippen LogP contribution in [0.15, 0.2) is 10.5 Å². The highest BCUT2D eigenvalue weighted by atomic mass is 79.9. The van der Waals surface area contributed by atoms with Gasteiger partial charge in [0.25, 0.3) is 0 Å². The second kappa shape index (κ2) is 5.06. The molecule has 3 N–H and O–H groups in total. The first-order valence-electron chi connectivity index (χ1n) is 6.47. The third-order valence-electron chi connectivity index (χ3n) is 3.58. The van der Waals surface area contributed by atoms with Crippen molar-refractivity contribution in [1.82, 2.24) is 5.32 Å². The maximum absolute atomic E-state index is 6.12. The number of anilines is 1. The zero-order chi connectivity index (χ0) is 13.4. The Bertz CT molecular complexity index is 555. The predicted molar refractivity (Wildman–Crippen MR) is 79.7 cm³/mol. The lowest BCUT2D eigenvalue weighted by Crippen LogP contribution is -2.22. The van der Waals surface area contributed by atoms with E-state index >= 15 is 0 Å². The molecule has 5 heteroatoms. The van der Waals surface area contributed by atoms with Crippen LogP contribution in [0.3, 0.4) is 0 Å². The van der Waals surface area contributed by atoms with E-state index in [1.165, 1.54) is 5.57 Å². The molecular formula is C14H17BrN2O2. The molecule has 2 aliphatic rings. The fourth-order valence-corrected chi connectivity index (χ4v) is 3.00. The third-order valence-corrected chi connectivity index (χ3v) is 4.60. The highest BCUT2D eigenvalue weighted by Crippen LogP contribution is 2.48. The van der Waals surface area contributed by atoms with E-state index in [0.29, 0.717) is 24.7 Å². The van der Waals surface area contributed by atoms with Gasteiger partial charge >= 0.3 is 0 Å². The fourth-order valence-electron chi connectivity index (χ4n) is 2.62. The molecule has 0 saturated heterocycles. The second-order valence-corrected chi connectivity index (χ2v) is 5.56. The SMILES string of the molecule is Cc1c(Br)c(N)c2c(c1C1=CCNCC1)OCCO2. The van der Waals surface area contributed by atoms with Crippen LogP contribution in [0.5, 0.6) is 11.5 Å². The highest BCUT2D eigenvalue weighted by molar-refractivity contribution is 9.10. The lowest BCUT2D eigenvalue weighted by Gasteiger charge is -2.27. The summed E-state index contributed by atoms with van der Waals surface area (Å²) in [6.45, 7) is 5.07. The zero-order valence-corrected chi connectivity index (χ0v) is 12.5. The van der Waals surface area contributed by atoms with Crippen LogP contribution in [0.4, 0.5) is 5.69 Å². The van der Waals surface area contributed by atoms with Crippen LogP contribution in [0.2, 0.25) is 0 Å². The zero-order valence-electron chi connectivity index (χ0n) is 10.9. The maximum Gasteiger partial charge on any atom is 0.186 e. The smallest absolute Gasteiger partial charge is 0.186 e. The molecule has 0 aromatic heterocycles. The molecule has 19 heavy (non-hydrogen) atoms. The van der Waals surface area contributed by atoms with Gasteiger partial charge in [-0.3, -0.25) is 0 Å². The van der Waals surface area contributed by atoms with Crippen molar-refractivity contribution in [2.24, 2.45) is 0 Å². The van der Waals surface area contributed by atoms with Gasteiger partial charge in [-0.25, -0.2) is 0 Å². The molecule has 3 rings (SSSR count). The molecule has 0 aliphatic carbocycles.